The third kappa shape index (κ3) is 3.38. The lowest BCUT2D eigenvalue weighted by Gasteiger charge is -2.21. The van der Waals surface area contributed by atoms with Crippen LogP contribution in [0.4, 0.5) is 0 Å². The molecule has 1 fully saturated rings. The zero-order valence-corrected chi connectivity index (χ0v) is 6.88. The van der Waals surface area contributed by atoms with Crippen LogP contribution >= 0.6 is 0 Å². The summed E-state index contributed by atoms with van der Waals surface area (Å²) in [6.07, 6.45) is 5.41. The molecule has 1 saturated heterocycles. The molecule has 1 aliphatic rings. The van der Waals surface area contributed by atoms with Crippen LogP contribution in [0.1, 0.15) is 32.1 Å². The predicted octanol–water partition coefficient (Wildman–Crippen LogP) is 2.11. The van der Waals surface area contributed by atoms with Gasteiger partial charge in [0.25, 0.3) is 0 Å². The van der Waals surface area contributed by atoms with E-state index in [9.17, 15) is 0 Å². The lowest BCUT2D eigenvalue weighted by molar-refractivity contribution is 0.0634. The Hall–Kier alpha value is -0.550. The van der Waals surface area contributed by atoms with E-state index in [1.807, 2.05) is 0 Å². The van der Waals surface area contributed by atoms with E-state index in [0.717, 1.165) is 32.0 Å². The van der Waals surface area contributed by atoms with Crippen LogP contribution in [0.15, 0.2) is 0 Å². The maximum atomic E-state index is 8.32. The first kappa shape index (κ1) is 8.55. The van der Waals surface area contributed by atoms with Crippen LogP contribution in [0.2, 0.25) is 0 Å². The summed E-state index contributed by atoms with van der Waals surface area (Å²) in [4.78, 5) is 0. The highest BCUT2D eigenvalue weighted by molar-refractivity contribution is 4.71. The zero-order chi connectivity index (χ0) is 7.94. The van der Waals surface area contributed by atoms with Crippen LogP contribution in [0.5, 0.6) is 0 Å². The second kappa shape index (κ2) is 5.15. The van der Waals surface area contributed by atoms with Crippen molar-refractivity contribution in [3.8, 4) is 6.07 Å². The van der Waals surface area contributed by atoms with Gasteiger partial charge in [0, 0.05) is 19.6 Å². The Labute approximate surface area is 68.2 Å². The number of ether oxygens (including phenoxy) is 1. The van der Waals surface area contributed by atoms with E-state index >= 15 is 0 Å². The van der Waals surface area contributed by atoms with Crippen molar-refractivity contribution in [3.63, 3.8) is 0 Å². The lowest BCUT2D eigenvalue weighted by atomic mass is 9.94. The molecule has 2 heteroatoms. The molecule has 62 valence electrons. The Morgan fingerprint density at radius 1 is 1.36 bits per heavy atom. The van der Waals surface area contributed by atoms with E-state index in [2.05, 4.69) is 6.07 Å². The Morgan fingerprint density at radius 3 is 2.73 bits per heavy atom. The molecule has 1 rings (SSSR count). The molecule has 0 aliphatic carbocycles. The fourth-order valence-electron chi connectivity index (χ4n) is 1.50. The predicted molar refractivity (Wildman–Crippen MR) is 43.0 cm³/mol. The summed E-state index contributed by atoms with van der Waals surface area (Å²) in [6.45, 7) is 1.86. The van der Waals surface area contributed by atoms with E-state index in [-0.39, 0.29) is 0 Å². The smallest absolute Gasteiger partial charge is 0.0621 e. The summed E-state index contributed by atoms with van der Waals surface area (Å²) < 4.78 is 5.24. The van der Waals surface area contributed by atoms with Crippen molar-refractivity contribution in [2.75, 3.05) is 13.2 Å². The molecular weight excluding hydrogens is 138 g/mol. The summed E-state index contributed by atoms with van der Waals surface area (Å²) >= 11 is 0. The average molecular weight is 153 g/mol. The zero-order valence-electron chi connectivity index (χ0n) is 6.88. The Bertz CT molecular complexity index is 133. The minimum absolute atomic E-state index is 0.720. The Morgan fingerprint density at radius 2 is 2.09 bits per heavy atom. The molecule has 0 atom stereocenters. The summed E-state index contributed by atoms with van der Waals surface area (Å²) in [5.74, 6) is 0.831. The first-order valence-corrected chi connectivity index (χ1v) is 4.38. The van der Waals surface area contributed by atoms with Gasteiger partial charge in [-0.2, -0.15) is 5.26 Å². The number of nitrogens with zero attached hydrogens (tertiary/aromatic N) is 1. The van der Waals surface area contributed by atoms with Gasteiger partial charge in [-0.25, -0.2) is 0 Å². The molecule has 0 spiro atoms. The molecule has 0 radical (unpaired) electrons. The van der Waals surface area contributed by atoms with Crippen LogP contribution < -0.4 is 0 Å². The van der Waals surface area contributed by atoms with E-state index in [0.29, 0.717) is 0 Å². The van der Waals surface area contributed by atoms with Gasteiger partial charge in [-0.15, -0.1) is 0 Å². The monoisotopic (exact) mass is 153 g/mol. The topological polar surface area (TPSA) is 33.0 Å². The maximum absolute atomic E-state index is 8.32. The lowest BCUT2D eigenvalue weighted by Crippen LogP contribution is -2.15. The van der Waals surface area contributed by atoms with Crippen molar-refractivity contribution in [1.29, 1.82) is 5.26 Å². The molecule has 0 unspecified atom stereocenters. The second-order valence-electron chi connectivity index (χ2n) is 3.11. The van der Waals surface area contributed by atoms with E-state index in [4.69, 9.17) is 10.00 Å². The highest BCUT2D eigenvalue weighted by atomic mass is 16.5. The summed E-state index contributed by atoms with van der Waals surface area (Å²) in [5.41, 5.74) is 0. The highest BCUT2D eigenvalue weighted by Crippen LogP contribution is 2.20. The van der Waals surface area contributed by atoms with Crippen LogP contribution in [0.3, 0.4) is 0 Å². The SMILES string of the molecule is N#CCCCC1CCOCC1. The molecule has 0 aromatic rings. The molecule has 0 aromatic heterocycles. The normalized spacial score (nSPS) is 19.5. The Balaban J connectivity index is 2.01. The van der Waals surface area contributed by atoms with Gasteiger partial charge in [0.05, 0.1) is 6.07 Å². The molecular formula is C9H15NO. The van der Waals surface area contributed by atoms with Gasteiger partial charge in [0.2, 0.25) is 0 Å². The van der Waals surface area contributed by atoms with Crippen molar-refractivity contribution < 1.29 is 4.74 Å². The third-order valence-electron chi connectivity index (χ3n) is 2.24. The van der Waals surface area contributed by atoms with Crippen molar-refractivity contribution in [3.05, 3.63) is 0 Å². The van der Waals surface area contributed by atoms with Crippen molar-refractivity contribution >= 4 is 0 Å². The number of unbranched alkanes of at least 4 members (excludes halogenated alkanes) is 1. The average Bonchev–Trinajstić information content (AvgIpc) is 2.07. The largest absolute Gasteiger partial charge is 0.381 e. The molecule has 0 bridgehead atoms. The summed E-state index contributed by atoms with van der Waals surface area (Å²) in [6, 6.07) is 2.18. The first-order valence-electron chi connectivity index (χ1n) is 4.38. The quantitative estimate of drug-likeness (QED) is 0.582. The number of nitriles is 1. The summed E-state index contributed by atoms with van der Waals surface area (Å²) in [7, 11) is 0. The van der Waals surface area contributed by atoms with Gasteiger partial charge in [-0.1, -0.05) is 0 Å². The minimum Gasteiger partial charge on any atom is -0.381 e. The summed E-state index contributed by atoms with van der Waals surface area (Å²) in [5, 5.41) is 8.32. The van der Waals surface area contributed by atoms with Gasteiger partial charge in [-0.05, 0) is 31.6 Å². The van der Waals surface area contributed by atoms with Gasteiger partial charge in [0.15, 0.2) is 0 Å². The van der Waals surface area contributed by atoms with Gasteiger partial charge in [-0.3, -0.25) is 0 Å². The van der Waals surface area contributed by atoms with Crippen LogP contribution in [0, 0.1) is 17.2 Å². The Kier molecular flexibility index (Phi) is 4.00. The van der Waals surface area contributed by atoms with Crippen LogP contribution in [-0.2, 0) is 4.74 Å². The van der Waals surface area contributed by atoms with Crippen molar-refractivity contribution in [1.82, 2.24) is 0 Å². The van der Waals surface area contributed by atoms with Crippen molar-refractivity contribution in [2.24, 2.45) is 5.92 Å². The number of hydrogen-bond acceptors (Lipinski definition) is 2. The van der Waals surface area contributed by atoms with E-state index < -0.39 is 0 Å². The fraction of sp³-hybridized carbons (Fsp3) is 0.889. The molecule has 1 heterocycles. The number of hydrogen-bond donors (Lipinski definition) is 0. The fourth-order valence-corrected chi connectivity index (χ4v) is 1.50. The number of rotatable bonds is 3. The standard InChI is InChI=1S/C9H15NO/c10-6-2-1-3-9-4-7-11-8-5-9/h9H,1-5,7-8H2. The van der Waals surface area contributed by atoms with Gasteiger partial charge >= 0.3 is 0 Å². The molecule has 0 saturated carbocycles. The van der Waals surface area contributed by atoms with E-state index in [1.54, 1.807) is 0 Å². The van der Waals surface area contributed by atoms with Crippen LogP contribution in [-0.4, -0.2) is 13.2 Å². The maximum Gasteiger partial charge on any atom is 0.0621 e. The van der Waals surface area contributed by atoms with Crippen LogP contribution in [0.25, 0.3) is 0 Å². The highest BCUT2D eigenvalue weighted by Gasteiger charge is 2.12. The minimum atomic E-state index is 0.720. The molecule has 1 aliphatic heterocycles. The van der Waals surface area contributed by atoms with Gasteiger partial charge < -0.3 is 4.74 Å². The first-order chi connectivity index (χ1) is 5.43. The van der Waals surface area contributed by atoms with Gasteiger partial charge in [0.1, 0.15) is 0 Å². The molecule has 0 amide bonds. The molecule has 0 aromatic carbocycles. The third-order valence-corrected chi connectivity index (χ3v) is 2.24. The van der Waals surface area contributed by atoms with E-state index in [1.165, 1.54) is 19.3 Å². The molecule has 11 heavy (non-hydrogen) atoms. The molecule has 0 N–H and O–H groups in total. The molecule has 2 nitrogen and oxygen atoms in total. The second-order valence-corrected chi connectivity index (χ2v) is 3.11. The van der Waals surface area contributed by atoms with Crippen molar-refractivity contribution in [2.45, 2.75) is 32.1 Å².